The van der Waals surface area contributed by atoms with Crippen LogP contribution in [0.25, 0.3) is 0 Å². The Hall–Kier alpha value is -1.49. The van der Waals surface area contributed by atoms with Gasteiger partial charge in [0.1, 0.15) is 0 Å². The van der Waals surface area contributed by atoms with Gasteiger partial charge in [-0.3, -0.25) is 0 Å². The Bertz CT molecular complexity index is 260. The number of nitrogens with zero attached hydrogens (tertiary/aromatic N) is 2. The van der Waals surface area contributed by atoms with Gasteiger partial charge in [0.2, 0.25) is 0 Å². The fraction of sp³-hybridized carbons (Fsp3) is 0.222. The molecule has 1 heterocycles. The molecule has 56 valence electrons. The summed E-state index contributed by atoms with van der Waals surface area (Å²) in [5.41, 5.74) is 1.75. The van der Waals surface area contributed by atoms with Crippen LogP contribution in [0.5, 0.6) is 0 Å². The third-order valence-electron chi connectivity index (χ3n) is 1.58. The van der Waals surface area contributed by atoms with Crippen molar-refractivity contribution in [1.29, 1.82) is 5.26 Å². The van der Waals surface area contributed by atoms with Crippen LogP contribution in [0.2, 0.25) is 0 Å². The molecule has 0 bridgehead atoms. The molecule has 0 atom stereocenters. The second kappa shape index (κ2) is 3.07. The first-order valence-corrected chi connectivity index (χ1v) is 3.43. The molecule has 0 N–H and O–H groups in total. The highest BCUT2D eigenvalue weighted by molar-refractivity contribution is 5.42. The zero-order chi connectivity index (χ0) is 8.27. The monoisotopic (exact) mass is 146 g/mol. The van der Waals surface area contributed by atoms with Gasteiger partial charge in [-0.25, -0.2) is 0 Å². The summed E-state index contributed by atoms with van der Waals surface area (Å²) in [6.45, 7) is 1.81. The van der Waals surface area contributed by atoms with E-state index in [-0.39, 0.29) is 0 Å². The summed E-state index contributed by atoms with van der Waals surface area (Å²) >= 11 is 0. The number of rotatable bonds is 0. The molecule has 1 aliphatic heterocycles. The molecule has 1 rings (SSSR count). The van der Waals surface area contributed by atoms with Crippen molar-refractivity contribution in [3.63, 3.8) is 0 Å². The highest BCUT2D eigenvalue weighted by Gasteiger charge is 1.98. The first-order valence-electron chi connectivity index (χ1n) is 3.43. The maximum atomic E-state index is 8.56. The minimum absolute atomic E-state index is 0.755. The zero-order valence-corrected chi connectivity index (χ0v) is 6.70. The minimum atomic E-state index is 0.755. The molecule has 2 nitrogen and oxygen atoms in total. The van der Waals surface area contributed by atoms with Crippen LogP contribution < -0.4 is 0 Å². The maximum absolute atomic E-state index is 8.56. The minimum Gasteiger partial charge on any atom is -0.357 e. The van der Waals surface area contributed by atoms with Crippen LogP contribution in [0.15, 0.2) is 35.7 Å². The molecule has 0 unspecified atom stereocenters. The summed E-state index contributed by atoms with van der Waals surface area (Å²) in [5, 5.41) is 8.56. The van der Waals surface area contributed by atoms with Crippen molar-refractivity contribution in [2.24, 2.45) is 0 Å². The highest BCUT2D eigenvalue weighted by atomic mass is 15.0. The van der Waals surface area contributed by atoms with E-state index in [1.807, 2.05) is 43.4 Å². The van der Waals surface area contributed by atoms with Gasteiger partial charge >= 0.3 is 0 Å². The molecule has 0 saturated heterocycles. The quantitative estimate of drug-likeness (QED) is 0.487. The van der Waals surface area contributed by atoms with Crippen LogP contribution in [0.4, 0.5) is 0 Å². The lowest BCUT2D eigenvalue weighted by Gasteiger charge is -2.11. The van der Waals surface area contributed by atoms with Crippen molar-refractivity contribution >= 4 is 0 Å². The molecule has 0 saturated carbocycles. The van der Waals surface area contributed by atoms with Crippen molar-refractivity contribution in [2.75, 3.05) is 7.05 Å². The van der Waals surface area contributed by atoms with Crippen molar-refractivity contribution < 1.29 is 0 Å². The third kappa shape index (κ3) is 1.71. The highest BCUT2D eigenvalue weighted by Crippen LogP contribution is 2.11. The lowest BCUT2D eigenvalue weighted by molar-refractivity contribution is 0.619. The summed E-state index contributed by atoms with van der Waals surface area (Å²) in [6, 6.07) is 2.11. The van der Waals surface area contributed by atoms with E-state index in [4.69, 9.17) is 5.26 Å². The molecule has 0 amide bonds. The Kier molecular flexibility index (Phi) is 2.12. The van der Waals surface area contributed by atoms with E-state index in [0.717, 1.165) is 11.1 Å². The number of nitriles is 1. The van der Waals surface area contributed by atoms with E-state index in [0.29, 0.717) is 0 Å². The van der Waals surface area contributed by atoms with E-state index in [1.54, 1.807) is 0 Å². The number of hydrogen-bond donors (Lipinski definition) is 0. The molecule has 0 aromatic heterocycles. The van der Waals surface area contributed by atoms with Gasteiger partial charge in [-0.05, 0) is 24.6 Å². The van der Waals surface area contributed by atoms with Crippen LogP contribution in [0.3, 0.4) is 0 Å². The lowest BCUT2D eigenvalue weighted by Crippen LogP contribution is -2.03. The summed E-state index contributed by atoms with van der Waals surface area (Å²) in [4.78, 5) is 1.94. The van der Waals surface area contributed by atoms with Crippen LogP contribution in [-0.4, -0.2) is 11.9 Å². The van der Waals surface area contributed by atoms with E-state index in [2.05, 4.69) is 6.07 Å². The van der Waals surface area contributed by atoms with Gasteiger partial charge in [0.25, 0.3) is 0 Å². The van der Waals surface area contributed by atoms with E-state index in [9.17, 15) is 0 Å². The smallest absolute Gasteiger partial charge is 0.0950 e. The first-order chi connectivity index (χ1) is 5.24. The topological polar surface area (TPSA) is 27.0 Å². The Morgan fingerprint density at radius 3 is 2.45 bits per heavy atom. The molecule has 2 heteroatoms. The Morgan fingerprint density at radius 1 is 1.45 bits per heavy atom. The van der Waals surface area contributed by atoms with Crippen molar-refractivity contribution in [2.45, 2.75) is 6.92 Å². The van der Waals surface area contributed by atoms with E-state index in [1.165, 1.54) is 0 Å². The normalized spacial score (nSPS) is 15.0. The predicted molar refractivity (Wildman–Crippen MR) is 44.4 cm³/mol. The van der Waals surface area contributed by atoms with Gasteiger partial charge < -0.3 is 4.90 Å². The summed E-state index contributed by atoms with van der Waals surface area (Å²) in [7, 11) is 1.95. The fourth-order valence-corrected chi connectivity index (χ4v) is 0.816. The SMILES string of the molecule is CC(C#N)=C1C=CN(C)C=C1. The molecule has 0 aromatic carbocycles. The first kappa shape index (κ1) is 7.62. The van der Waals surface area contributed by atoms with Crippen molar-refractivity contribution in [1.82, 2.24) is 4.90 Å². The molecule has 1 aliphatic rings. The number of allylic oxidation sites excluding steroid dienone is 4. The second-order valence-electron chi connectivity index (χ2n) is 2.49. The maximum Gasteiger partial charge on any atom is 0.0950 e. The Labute approximate surface area is 66.7 Å². The second-order valence-corrected chi connectivity index (χ2v) is 2.49. The molecule has 0 radical (unpaired) electrons. The Balaban J connectivity index is 2.90. The molecule has 0 aliphatic carbocycles. The molecular weight excluding hydrogens is 136 g/mol. The molecule has 11 heavy (non-hydrogen) atoms. The zero-order valence-electron chi connectivity index (χ0n) is 6.70. The van der Waals surface area contributed by atoms with Gasteiger partial charge in [-0.1, -0.05) is 0 Å². The summed E-state index contributed by atoms with van der Waals surface area (Å²) in [6.07, 6.45) is 7.71. The fourth-order valence-electron chi connectivity index (χ4n) is 0.816. The van der Waals surface area contributed by atoms with Crippen LogP contribution in [0, 0.1) is 11.3 Å². The Morgan fingerprint density at radius 2 is 2.00 bits per heavy atom. The van der Waals surface area contributed by atoms with Crippen molar-refractivity contribution in [3.05, 3.63) is 35.7 Å². The van der Waals surface area contributed by atoms with E-state index >= 15 is 0 Å². The van der Waals surface area contributed by atoms with E-state index < -0.39 is 0 Å². The van der Waals surface area contributed by atoms with Crippen LogP contribution >= 0.6 is 0 Å². The predicted octanol–water partition coefficient (Wildman–Crippen LogP) is 1.80. The summed E-state index contributed by atoms with van der Waals surface area (Å²) in [5.74, 6) is 0. The summed E-state index contributed by atoms with van der Waals surface area (Å²) < 4.78 is 0. The average Bonchev–Trinajstić information content (AvgIpc) is 2.05. The molecule has 0 aromatic rings. The third-order valence-corrected chi connectivity index (χ3v) is 1.58. The van der Waals surface area contributed by atoms with Gasteiger partial charge in [-0.15, -0.1) is 0 Å². The van der Waals surface area contributed by atoms with Gasteiger partial charge in [0, 0.05) is 25.0 Å². The average molecular weight is 146 g/mol. The molecule has 0 fully saturated rings. The van der Waals surface area contributed by atoms with Crippen LogP contribution in [0.1, 0.15) is 6.92 Å². The lowest BCUT2D eigenvalue weighted by atomic mass is 10.1. The molecular formula is C9H10N2. The number of hydrogen-bond acceptors (Lipinski definition) is 2. The molecule has 0 spiro atoms. The largest absolute Gasteiger partial charge is 0.357 e. The van der Waals surface area contributed by atoms with Gasteiger partial charge in [0.05, 0.1) is 6.07 Å². The van der Waals surface area contributed by atoms with Crippen molar-refractivity contribution in [3.8, 4) is 6.07 Å². The standard InChI is InChI=1S/C9H10N2/c1-8(7-10)9-3-5-11(2)6-4-9/h3-6H,1-2H3. The van der Waals surface area contributed by atoms with Gasteiger partial charge in [0.15, 0.2) is 0 Å². The van der Waals surface area contributed by atoms with Gasteiger partial charge in [-0.2, -0.15) is 5.26 Å². The van der Waals surface area contributed by atoms with Crippen LogP contribution in [-0.2, 0) is 0 Å².